The summed E-state index contributed by atoms with van der Waals surface area (Å²) in [4.78, 5) is 29.5. The molecule has 7 nitrogen and oxygen atoms in total. The van der Waals surface area contributed by atoms with Gasteiger partial charge in [-0.15, -0.1) is 0 Å². The zero-order valence-corrected chi connectivity index (χ0v) is 27.2. The highest BCUT2D eigenvalue weighted by Crippen LogP contribution is 2.27. The lowest BCUT2D eigenvalue weighted by atomic mass is 10.0. The summed E-state index contributed by atoms with van der Waals surface area (Å²) in [5.41, 5.74) is 1.69. The van der Waals surface area contributed by atoms with Crippen LogP contribution in [0.1, 0.15) is 25.0 Å². The molecule has 0 saturated carbocycles. The van der Waals surface area contributed by atoms with E-state index in [1.807, 2.05) is 44.2 Å². The van der Waals surface area contributed by atoms with Gasteiger partial charge in [0.25, 0.3) is 10.0 Å². The molecular weight excluding hydrogens is 641 g/mol. The summed E-state index contributed by atoms with van der Waals surface area (Å²) in [7, 11) is -4.20. The Morgan fingerprint density at radius 3 is 1.98 bits per heavy atom. The van der Waals surface area contributed by atoms with Crippen molar-refractivity contribution in [2.24, 2.45) is 0 Å². The third kappa shape index (κ3) is 8.54. The van der Waals surface area contributed by atoms with E-state index >= 15 is 0 Å². The van der Waals surface area contributed by atoms with Crippen molar-refractivity contribution < 1.29 is 18.0 Å². The number of carbonyl (C=O) groups is 2. The third-order valence-corrected chi connectivity index (χ3v) is 9.54. The molecule has 0 radical (unpaired) electrons. The molecule has 0 bridgehead atoms. The first-order valence-electron chi connectivity index (χ1n) is 13.9. The van der Waals surface area contributed by atoms with Gasteiger partial charge in [-0.05, 0) is 73.5 Å². The molecule has 0 aliphatic carbocycles. The third-order valence-electron chi connectivity index (χ3n) is 6.76. The number of hydrogen-bond acceptors (Lipinski definition) is 4. The van der Waals surface area contributed by atoms with Crippen LogP contribution in [0.3, 0.4) is 0 Å². The SMILES string of the molecule is CC(C)NC(=O)[C@@H](Cc1ccccc1)N(Cc1ccc(Cl)c(Cl)c1)C(=O)CN(c1ccc(Cl)cc1)S(=O)(=O)c1ccccc1. The number of amides is 2. The van der Waals surface area contributed by atoms with Crippen molar-refractivity contribution in [1.29, 1.82) is 0 Å². The molecule has 0 fully saturated rings. The minimum Gasteiger partial charge on any atom is -0.352 e. The molecular formula is C33H32Cl3N3O4S. The number of anilines is 1. The standard InChI is InChI=1S/C33H32Cl3N3O4S/c1-23(2)37-33(41)31(20-24-9-5-3-6-10-24)38(21-25-13-18-29(35)30(36)19-25)32(40)22-39(27-16-14-26(34)15-17-27)44(42,43)28-11-7-4-8-12-28/h3-19,23,31H,20-22H2,1-2H3,(H,37,41)/t31-/m1/s1. The Kier molecular flexibility index (Phi) is 11.3. The fourth-order valence-corrected chi connectivity index (χ4v) is 6.51. The highest BCUT2D eigenvalue weighted by molar-refractivity contribution is 7.92. The second kappa shape index (κ2) is 14.9. The van der Waals surface area contributed by atoms with Crippen molar-refractivity contribution in [2.45, 2.75) is 43.8 Å². The molecule has 4 aromatic rings. The molecule has 4 aromatic carbocycles. The van der Waals surface area contributed by atoms with E-state index in [1.54, 1.807) is 48.5 Å². The van der Waals surface area contributed by atoms with Gasteiger partial charge in [0, 0.05) is 24.0 Å². The van der Waals surface area contributed by atoms with Crippen LogP contribution in [0.2, 0.25) is 15.1 Å². The Morgan fingerprint density at radius 1 is 0.773 bits per heavy atom. The largest absolute Gasteiger partial charge is 0.352 e. The fourth-order valence-electron chi connectivity index (χ4n) is 4.63. The summed E-state index contributed by atoms with van der Waals surface area (Å²) < 4.78 is 29.0. The molecule has 0 aromatic heterocycles. The summed E-state index contributed by atoms with van der Waals surface area (Å²) in [6.07, 6.45) is 0.193. The van der Waals surface area contributed by atoms with Crippen molar-refractivity contribution in [3.63, 3.8) is 0 Å². The molecule has 2 amide bonds. The zero-order chi connectivity index (χ0) is 31.9. The maximum absolute atomic E-state index is 14.4. The van der Waals surface area contributed by atoms with E-state index in [2.05, 4.69) is 5.32 Å². The van der Waals surface area contributed by atoms with Gasteiger partial charge >= 0.3 is 0 Å². The van der Waals surface area contributed by atoms with Crippen LogP contribution in [0.4, 0.5) is 5.69 Å². The maximum Gasteiger partial charge on any atom is 0.264 e. The van der Waals surface area contributed by atoms with Crippen LogP contribution < -0.4 is 9.62 Å². The Morgan fingerprint density at radius 2 is 1.39 bits per heavy atom. The van der Waals surface area contributed by atoms with Crippen molar-refractivity contribution >= 4 is 62.3 Å². The summed E-state index contributed by atoms with van der Waals surface area (Å²) in [5.74, 6) is -0.966. The number of nitrogens with zero attached hydrogens (tertiary/aromatic N) is 2. The van der Waals surface area contributed by atoms with Crippen LogP contribution in [0.5, 0.6) is 0 Å². The number of halogens is 3. The van der Waals surface area contributed by atoms with Gasteiger partial charge in [-0.1, -0.05) is 89.4 Å². The Hall–Kier alpha value is -3.56. The van der Waals surface area contributed by atoms with E-state index in [9.17, 15) is 18.0 Å². The van der Waals surface area contributed by atoms with Crippen LogP contribution in [0.25, 0.3) is 0 Å². The van der Waals surface area contributed by atoms with Crippen molar-refractivity contribution in [1.82, 2.24) is 10.2 Å². The second-order valence-corrected chi connectivity index (χ2v) is 13.6. The molecule has 1 atom stereocenters. The van der Waals surface area contributed by atoms with Gasteiger partial charge in [-0.2, -0.15) is 0 Å². The number of carbonyl (C=O) groups excluding carboxylic acids is 2. The van der Waals surface area contributed by atoms with E-state index in [-0.39, 0.29) is 40.5 Å². The van der Waals surface area contributed by atoms with Gasteiger partial charge in [0.05, 0.1) is 20.6 Å². The normalized spacial score (nSPS) is 12.0. The van der Waals surface area contributed by atoms with Crippen molar-refractivity contribution in [3.8, 4) is 0 Å². The Bertz CT molecular complexity index is 1690. The summed E-state index contributed by atoms with van der Waals surface area (Å²) >= 11 is 18.6. The van der Waals surface area contributed by atoms with Crippen molar-refractivity contribution in [2.75, 3.05) is 10.8 Å². The summed E-state index contributed by atoms with van der Waals surface area (Å²) in [5, 5.41) is 3.97. The molecule has 1 N–H and O–H groups in total. The monoisotopic (exact) mass is 671 g/mol. The molecule has 230 valence electrons. The first-order valence-corrected chi connectivity index (χ1v) is 16.4. The van der Waals surface area contributed by atoms with E-state index in [4.69, 9.17) is 34.8 Å². The van der Waals surface area contributed by atoms with E-state index < -0.39 is 28.5 Å². The number of benzene rings is 4. The predicted molar refractivity (Wildman–Crippen MR) is 177 cm³/mol. The predicted octanol–water partition coefficient (Wildman–Crippen LogP) is 7.01. The number of rotatable bonds is 12. The van der Waals surface area contributed by atoms with Crippen LogP contribution in [0.15, 0.2) is 108 Å². The van der Waals surface area contributed by atoms with Gasteiger partial charge in [0.15, 0.2) is 0 Å². The summed E-state index contributed by atoms with van der Waals surface area (Å²) in [6, 6.07) is 27.1. The molecule has 0 aliphatic rings. The summed E-state index contributed by atoms with van der Waals surface area (Å²) in [6.45, 7) is 3.05. The lowest BCUT2D eigenvalue weighted by molar-refractivity contribution is -0.140. The molecule has 0 aliphatic heterocycles. The smallest absolute Gasteiger partial charge is 0.264 e. The molecule has 0 spiro atoms. The average molecular weight is 673 g/mol. The quantitative estimate of drug-likeness (QED) is 0.176. The van der Waals surface area contributed by atoms with E-state index in [1.165, 1.54) is 29.2 Å². The Labute approximate surface area is 273 Å². The lowest BCUT2D eigenvalue weighted by Crippen LogP contribution is -2.54. The molecule has 44 heavy (non-hydrogen) atoms. The van der Waals surface area contributed by atoms with Gasteiger partial charge in [-0.25, -0.2) is 8.42 Å². The number of sulfonamides is 1. The topological polar surface area (TPSA) is 86.8 Å². The number of hydrogen-bond donors (Lipinski definition) is 1. The van der Waals surface area contributed by atoms with E-state index in [0.29, 0.717) is 15.6 Å². The first kappa shape index (κ1) is 33.3. The Balaban J connectivity index is 1.81. The first-order chi connectivity index (χ1) is 21.0. The zero-order valence-electron chi connectivity index (χ0n) is 24.2. The molecule has 4 rings (SSSR count). The van der Waals surface area contributed by atoms with E-state index in [0.717, 1.165) is 9.87 Å². The van der Waals surface area contributed by atoms with Crippen LogP contribution in [-0.2, 0) is 32.6 Å². The highest BCUT2D eigenvalue weighted by atomic mass is 35.5. The molecule has 11 heteroatoms. The molecule has 0 unspecified atom stereocenters. The average Bonchev–Trinajstić information content (AvgIpc) is 3.00. The molecule has 0 heterocycles. The van der Waals surface area contributed by atoms with Crippen molar-refractivity contribution in [3.05, 3.63) is 129 Å². The lowest BCUT2D eigenvalue weighted by Gasteiger charge is -2.34. The van der Waals surface area contributed by atoms with Crippen LogP contribution >= 0.6 is 34.8 Å². The minimum atomic E-state index is -4.20. The maximum atomic E-state index is 14.4. The fraction of sp³-hybridized carbons (Fsp3) is 0.212. The molecule has 0 saturated heterocycles. The van der Waals surface area contributed by atoms with Gasteiger partial charge in [0.1, 0.15) is 12.6 Å². The minimum absolute atomic E-state index is 0.0113. The van der Waals surface area contributed by atoms with Gasteiger partial charge < -0.3 is 10.2 Å². The van der Waals surface area contributed by atoms with Crippen LogP contribution in [-0.4, -0.2) is 43.8 Å². The van der Waals surface area contributed by atoms with Gasteiger partial charge in [0.2, 0.25) is 11.8 Å². The second-order valence-electron chi connectivity index (χ2n) is 10.4. The van der Waals surface area contributed by atoms with Crippen LogP contribution in [0, 0.1) is 0 Å². The highest BCUT2D eigenvalue weighted by Gasteiger charge is 2.34. The number of nitrogens with one attached hydrogen (secondary N) is 1. The van der Waals surface area contributed by atoms with Gasteiger partial charge in [-0.3, -0.25) is 13.9 Å².